The first kappa shape index (κ1) is 18.5. The molecule has 0 aliphatic heterocycles. The molecule has 0 unspecified atom stereocenters. The molecule has 0 radical (unpaired) electrons. The highest BCUT2D eigenvalue weighted by molar-refractivity contribution is 7.97. The summed E-state index contributed by atoms with van der Waals surface area (Å²) in [6.07, 6.45) is 0. The van der Waals surface area contributed by atoms with Crippen molar-refractivity contribution >= 4 is 35.4 Å². The van der Waals surface area contributed by atoms with E-state index in [9.17, 15) is 24.5 Å². The van der Waals surface area contributed by atoms with E-state index in [4.69, 9.17) is 10.8 Å². The summed E-state index contributed by atoms with van der Waals surface area (Å²) in [7, 11) is 0. The van der Waals surface area contributed by atoms with Crippen LogP contribution in [0, 0.1) is 10.1 Å². The van der Waals surface area contributed by atoms with Crippen molar-refractivity contribution in [3.8, 4) is 0 Å². The van der Waals surface area contributed by atoms with Crippen molar-refractivity contribution in [2.75, 3.05) is 19.6 Å². The van der Waals surface area contributed by atoms with Crippen LogP contribution < -0.4 is 10.5 Å². The molecule has 124 valence electrons. The predicted molar refractivity (Wildman–Crippen MR) is 80.4 cm³/mol. The topological polar surface area (TPSA) is 156 Å². The largest absolute Gasteiger partial charge is 0.480 e. The Morgan fingerprint density at radius 1 is 1.30 bits per heavy atom. The van der Waals surface area contributed by atoms with Gasteiger partial charge < -0.3 is 10.8 Å². The van der Waals surface area contributed by atoms with Crippen molar-refractivity contribution in [1.29, 1.82) is 0 Å². The number of carbonyl (C=O) groups excluding carboxylic acids is 2. The third-order valence-electron chi connectivity index (χ3n) is 2.54. The maximum Gasteiger partial charge on any atom is 0.323 e. The number of carbonyl (C=O) groups is 3. The quantitative estimate of drug-likeness (QED) is 0.324. The van der Waals surface area contributed by atoms with Gasteiger partial charge in [-0.15, -0.1) is 0 Å². The number of amides is 2. The van der Waals surface area contributed by atoms with Crippen LogP contribution in [0.5, 0.6) is 0 Å². The van der Waals surface area contributed by atoms with Crippen LogP contribution in [0.1, 0.15) is 0 Å². The molecule has 0 heterocycles. The monoisotopic (exact) mass is 342 g/mol. The molecule has 0 aliphatic carbocycles. The van der Waals surface area contributed by atoms with Gasteiger partial charge >= 0.3 is 5.97 Å². The SMILES string of the molecule is NCC(=O)N(CC(=O)O)C(=O)CNSc1ccccc1[N+](=O)[O-]. The zero-order chi connectivity index (χ0) is 17.4. The number of nitro benzene ring substituents is 1. The van der Waals surface area contributed by atoms with Crippen molar-refractivity contribution in [2.45, 2.75) is 4.90 Å². The second-order valence-electron chi connectivity index (χ2n) is 4.12. The lowest BCUT2D eigenvalue weighted by Gasteiger charge is -2.18. The Kier molecular flexibility index (Phi) is 7.12. The Morgan fingerprint density at radius 2 is 1.96 bits per heavy atom. The summed E-state index contributed by atoms with van der Waals surface area (Å²) in [4.78, 5) is 45.0. The van der Waals surface area contributed by atoms with Crippen LogP contribution in [0.15, 0.2) is 29.2 Å². The second kappa shape index (κ2) is 8.82. The summed E-state index contributed by atoms with van der Waals surface area (Å²) in [5.74, 6) is -2.98. The zero-order valence-electron chi connectivity index (χ0n) is 11.8. The minimum absolute atomic E-state index is 0.141. The second-order valence-corrected chi connectivity index (χ2v) is 5.05. The van der Waals surface area contributed by atoms with Gasteiger partial charge in [-0.3, -0.25) is 34.1 Å². The molecule has 1 aromatic carbocycles. The summed E-state index contributed by atoms with van der Waals surface area (Å²) in [5, 5.41) is 19.5. The first-order valence-corrected chi connectivity index (χ1v) is 7.06. The van der Waals surface area contributed by atoms with E-state index in [1.807, 2.05) is 0 Å². The van der Waals surface area contributed by atoms with Gasteiger partial charge in [0.15, 0.2) is 0 Å². The van der Waals surface area contributed by atoms with Crippen LogP contribution in [0.3, 0.4) is 0 Å². The van der Waals surface area contributed by atoms with Gasteiger partial charge in [0.1, 0.15) is 11.4 Å². The van der Waals surface area contributed by atoms with Gasteiger partial charge in [-0.25, -0.2) is 0 Å². The van der Waals surface area contributed by atoms with Crippen molar-refractivity contribution < 1.29 is 24.4 Å². The minimum Gasteiger partial charge on any atom is -0.480 e. The molecule has 4 N–H and O–H groups in total. The summed E-state index contributed by atoms with van der Waals surface area (Å²) in [5.41, 5.74) is 4.98. The highest BCUT2D eigenvalue weighted by Crippen LogP contribution is 2.26. The molecule has 0 spiro atoms. The summed E-state index contributed by atoms with van der Waals surface area (Å²) >= 11 is 0.830. The third-order valence-corrected chi connectivity index (χ3v) is 3.39. The number of para-hydroxylation sites is 1. The molecule has 2 amide bonds. The molecule has 0 saturated carbocycles. The van der Waals surface area contributed by atoms with E-state index in [0.29, 0.717) is 4.90 Å². The fourth-order valence-corrected chi connectivity index (χ4v) is 2.27. The Labute approximate surface area is 134 Å². The van der Waals surface area contributed by atoms with Crippen molar-refractivity contribution in [3.05, 3.63) is 34.4 Å². The van der Waals surface area contributed by atoms with Gasteiger partial charge in [-0.2, -0.15) is 0 Å². The Morgan fingerprint density at radius 3 is 2.52 bits per heavy atom. The van der Waals surface area contributed by atoms with E-state index in [0.717, 1.165) is 11.9 Å². The molecule has 0 fully saturated rings. The maximum atomic E-state index is 11.9. The van der Waals surface area contributed by atoms with E-state index >= 15 is 0 Å². The summed E-state index contributed by atoms with van der Waals surface area (Å²) in [6, 6.07) is 5.89. The van der Waals surface area contributed by atoms with Crippen LogP contribution in [0.4, 0.5) is 5.69 Å². The average Bonchev–Trinajstić information content (AvgIpc) is 2.51. The first-order valence-electron chi connectivity index (χ1n) is 6.25. The van der Waals surface area contributed by atoms with Gasteiger partial charge in [0.25, 0.3) is 5.69 Å². The van der Waals surface area contributed by atoms with Crippen LogP contribution in [0.25, 0.3) is 0 Å². The number of benzene rings is 1. The Hall–Kier alpha value is -2.50. The molecular formula is C12H14N4O6S. The smallest absolute Gasteiger partial charge is 0.323 e. The number of carboxylic acids is 1. The fraction of sp³-hybridized carbons (Fsp3) is 0.250. The molecule has 0 saturated heterocycles. The Bertz CT molecular complexity index is 623. The average molecular weight is 342 g/mol. The third kappa shape index (κ3) is 5.65. The molecule has 1 aromatic rings. The van der Waals surface area contributed by atoms with E-state index in [1.165, 1.54) is 18.2 Å². The number of nitro groups is 1. The number of hydrogen-bond acceptors (Lipinski definition) is 8. The minimum atomic E-state index is -1.36. The van der Waals surface area contributed by atoms with Crippen molar-refractivity contribution in [3.63, 3.8) is 0 Å². The van der Waals surface area contributed by atoms with Gasteiger partial charge in [-0.05, 0) is 18.0 Å². The maximum absolute atomic E-state index is 11.9. The normalized spacial score (nSPS) is 10.1. The van der Waals surface area contributed by atoms with Crippen molar-refractivity contribution in [2.24, 2.45) is 5.73 Å². The van der Waals surface area contributed by atoms with Crippen LogP contribution in [-0.4, -0.2) is 52.3 Å². The van der Waals surface area contributed by atoms with Gasteiger partial charge in [0.2, 0.25) is 11.8 Å². The van der Waals surface area contributed by atoms with E-state index in [2.05, 4.69) is 4.72 Å². The fourth-order valence-electron chi connectivity index (χ4n) is 1.53. The number of rotatable bonds is 8. The predicted octanol–water partition coefficient (Wildman–Crippen LogP) is -0.410. The molecular weight excluding hydrogens is 328 g/mol. The lowest BCUT2D eigenvalue weighted by molar-refractivity contribution is -0.387. The highest BCUT2D eigenvalue weighted by Gasteiger charge is 2.23. The van der Waals surface area contributed by atoms with E-state index in [-0.39, 0.29) is 10.6 Å². The molecule has 23 heavy (non-hydrogen) atoms. The van der Waals surface area contributed by atoms with Crippen molar-refractivity contribution in [1.82, 2.24) is 9.62 Å². The highest BCUT2D eigenvalue weighted by atomic mass is 32.2. The van der Waals surface area contributed by atoms with E-state index < -0.39 is 42.3 Å². The number of aliphatic carboxylic acids is 1. The van der Waals surface area contributed by atoms with Gasteiger partial charge in [-0.1, -0.05) is 12.1 Å². The molecule has 0 aliphatic rings. The molecule has 10 nitrogen and oxygen atoms in total. The Balaban J connectivity index is 2.66. The lowest BCUT2D eigenvalue weighted by atomic mass is 10.3. The molecule has 0 aromatic heterocycles. The number of hydrogen-bond donors (Lipinski definition) is 3. The number of nitrogens with two attached hydrogens (primary N) is 1. The standard InChI is InChI=1S/C12H14N4O6S/c13-5-10(17)15(7-12(19)20)11(18)6-14-23-9-4-2-1-3-8(9)16(21)22/h1-4,14H,5-7,13H2,(H,19,20). The molecule has 11 heteroatoms. The van der Waals surface area contributed by atoms with Crippen LogP contribution >= 0.6 is 11.9 Å². The molecule has 0 atom stereocenters. The number of nitrogens with one attached hydrogen (secondary N) is 1. The number of nitrogens with zero attached hydrogens (tertiary/aromatic N) is 2. The summed E-state index contributed by atoms with van der Waals surface area (Å²) < 4.78 is 2.56. The number of carboxylic acid groups (broad SMARTS) is 1. The van der Waals surface area contributed by atoms with Gasteiger partial charge in [0.05, 0.1) is 18.0 Å². The first-order chi connectivity index (χ1) is 10.9. The van der Waals surface area contributed by atoms with Crippen LogP contribution in [0.2, 0.25) is 0 Å². The zero-order valence-corrected chi connectivity index (χ0v) is 12.6. The molecule has 1 rings (SSSR count). The lowest BCUT2D eigenvalue weighted by Crippen LogP contribution is -2.46. The summed E-state index contributed by atoms with van der Waals surface area (Å²) in [6.45, 7) is -1.70. The van der Waals surface area contributed by atoms with Crippen LogP contribution in [-0.2, 0) is 14.4 Å². The number of imide groups is 1. The van der Waals surface area contributed by atoms with E-state index in [1.54, 1.807) is 6.07 Å². The molecule has 0 bridgehead atoms. The van der Waals surface area contributed by atoms with Gasteiger partial charge in [0, 0.05) is 6.07 Å².